The lowest BCUT2D eigenvalue weighted by molar-refractivity contribution is -0.126. The van der Waals surface area contributed by atoms with Crippen LogP contribution >= 0.6 is 0 Å². The number of hydrogen-bond acceptors (Lipinski definition) is 5. The number of anilines is 1. The molecule has 0 bridgehead atoms. The van der Waals surface area contributed by atoms with Crippen LogP contribution in [0, 0.1) is 11.7 Å². The highest BCUT2D eigenvalue weighted by molar-refractivity contribution is 7.92. The van der Waals surface area contributed by atoms with Crippen molar-refractivity contribution in [3.8, 4) is 0 Å². The van der Waals surface area contributed by atoms with Crippen molar-refractivity contribution in [1.82, 2.24) is 10.2 Å². The van der Waals surface area contributed by atoms with Gasteiger partial charge in [0.05, 0.1) is 4.90 Å². The summed E-state index contributed by atoms with van der Waals surface area (Å²) in [5, 5.41) is 2.90. The van der Waals surface area contributed by atoms with Crippen LogP contribution in [0.1, 0.15) is 29.6 Å². The minimum Gasteiger partial charge on any atom is -0.385 e. The molecule has 10 heteroatoms. The van der Waals surface area contributed by atoms with Gasteiger partial charge in [-0.1, -0.05) is 0 Å². The molecule has 1 fully saturated rings. The number of carbonyl (C=O) groups excluding carboxylic acids is 2. The summed E-state index contributed by atoms with van der Waals surface area (Å²) in [6.45, 7) is 2.08. The average molecular weight is 478 g/mol. The first-order valence-corrected chi connectivity index (χ1v) is 12.2. The standard InChI is InChI=1S/C23H28FN3O5S/c1-32-16-2-13-25-22(28)17-11-14-27(15-12-17)23(29)18-3-9-21(10-4-18)33(30,31)26-20-7-5-19(24)6-8-20/h3-10,17,26H,2,11-16H2,1H3,(H,25,28). The number of amides is 2. The maximum Gasteiger partial charge on any atom is 0.261 e. The van der Waals surface area contributed by atoms with Crippen molar-refractivity contribution < 1.29 is 27.1 Å². The number of nitrogens with zero attached hydrogens (tertiary/aromatic N) is 1. The Morgan fingerprint density at radius 2 is 1.70 bits per heavy atom. The lowest BCUT2D eigenvalue weighted by Crippen LogP contribution is -2.43. The molecule has 1 saturated heterocycles. The van der Waals surface area contributed by atoms with Crippen molar-refractivity contribution in [2.45, 2.75) is 24.2 Å². The van der Waals surface area contributed by atoms with Crippen LogP contribution in [-0.4, -0.2) is 58.5 Å². The van der Waals surface area contributed by atoms with Crippen LogP contribution in [0.2, 0.25) is 0 Å². The highest BCUT2D eigenvalue weighted by Crippen LogP contribution is 2.21. The Morgan fingerprint density at radius 3 is 2.30 bits per heavy atom. The van der Waals surface area contributed by atoms with Gasteiger partial charge in [0.15, 0.2) is 0 Å². The van der Waals surface area contributed by atoms with Crippen LogP contribution in [0.15, 0.2) is 53.4 Å². The third kappa shape index (κ3) is 6.75. The van der Waals surface area contributed by atoms with E-state index < -0.39 is 15.8 Å². The number of methoxy groups -OCH3 is 1. The van der Waals surface area contributed by atoms with E-state index in [9.17, 15) is 22.4 Å². The van der Waals surface area contributed by atoms with E-state index in [4.69, 9.17) is 4.74 Å². The Morgan fingerprint density at radius 1 is 1.06 bits per heavy atom. The second-order valence-corrected chi connectivity index (χ2v) is 9.52. The summed E-state index contributed by atoms with van der Waals surface area (Å²) in [5.41, 5.74) is 0.611. The van der Waals surface area contributed by atoms with Gasteiger partial charge >= 0.3 is 0 Å². The Kier molecular flexibility index (Phi) is 8.40. The normalized spacial score (nSPS) is 14.7. The molecule has 0 saturated carbocycles. The van der Waals surface area contributed by atoms with E-state index in [1.807, 2.05) is 0 Å². The molecule has 2 amide bonds. The smallest absolute Gasteiger partial charge is 0.261 e. The molecule has 0 unspecified atom stereocenters. The molecular weight excluding hydrogens is 449 g/mol. The number of piperidine rings is 1. The van der Waals surface area contributed by atoms with Crippen molar-refractivity contribution in [2.75, 3.05) is 38.1 Å². The molecule has 1 aliphatic rings. The summed E-state index contributed by atoms with van der Waals surface area (Å²) in [5.74, 6) is -0.792. The number of halogens is 1. The molecule has 2 aromatic rings. The van der Waals surface area contributed by atoms with Crippen molar-refractivity contribution in [3.05, 3.63) is 59.9 Å². The van der Waals surface area contributed by atoms with Gasteiger partial charge in [0.2, 0.25) is 5.91 Å². The molecule has 0 aromatic heterocycles. The quantitative estimate of drug-likeness (QED) is 0.541. The summed E-state index contributed by atoms with van der Waals surface area (Å²) >= 11 is 0. The summed E-state index contributed by atoms with van der Waals surface area (Å²) in [4.78, 5) is 26.7. The van der Waals surface area contributed by atoms with Gasteiger partial charge in [-0.05, 0) is 67.8 Å². The van der Waals surface area contributed by atoms with E-state index >= 15 is 0 Å². The van der Waals surface area contributed by atoms with Crippen LogP contribution in [0.3, 0.4) is 0 Å². The molecule has 0 radical (unpaired) electrons. The molecule has 2 aromatic carbocycles. The zero-order valence-corrected chi connectivity index (χ0v) is 19.2. The Hall–Kier alpha value is -2.98. The van der Waals surface area contributed by atoms with E-state index in [-0.39, 0.29) is 28.3 Å². The van der Waals surface area contributed by atoms with Gasteiger partial charge in [-0.15, -0.1) is 0 Å². The summed E-state index contributed by atoms with van der Waals surface area (Å²) < 4.78 is 45.4. The van der Waals surface area contributed by atoms with Gasteiger partial charge in [0, 0.05) is 50.5 Å². The predicted molar refractivity (Wildman–Crippen MR) is 122 cm³/mol. The highest BCUT2D eigenvalue weighted by atomic mass is 32.2. The fourth-order valence-corrected chi connectivity index (χ4v) is 4.67. The molecule has 33 heavy (non-hydrogen) atoms. The van der Waals surface area contributed by atoms with Gasteiger partial charge in [-0.2, -0.15) is 0 Å². The molecular formula is C23H28FN3O5S. The average Bonchev–Trinajstić information content (AvgIpc) is 2.83. The lowest BCUT2D eigenvalue weighted by Gasteiger charge is -2.31. The van der Waals surface area contributed by atoms with Gasteiger partial charge in [-0.3, -0.25) is 14.3 Å². The third-order valence-electron chi connectivity index (χ3n) is 5.49. The topological polar surface area (TPSA) is 105 Å². The summed E-state index contributed by atoms with van der Waals surface area (Å²) in [6, 6.07) is 10.6. The number of carbonyl (C=O) groups is 2. The molecule has 2 N–H and O–H groups in total. The van der Waals surface area contributed by atoms with Crippen molar-refractivity contribution >= 4 is 27.5 Å². The monoisotopic (exact) mass is 477 g/mol. The van der Waals surface area contributed by atoms with Gasteiger partial charge in [0.25, 0.3) is 15.9 Å². The second kappa shape index (κ2) is 11.2. The van der Waals surface area contributed by atoms with Crippen molar-refractivity contribution in [3.63, 3.8) is 0 Å². The molecule has 8 nitrogen and oxygen atoms in total. The van der Waals surface area contributed by atoms with Crippen LogP contribution < -0.4 is 10.0 Å². The number of ether oxygens (including phenoxy) is 1. The molecule has 1 heterocycles. The maximum absolute atomic E-state index is 13.0. The first kappa shape index (κ1) is 24.7. The van der Waals surface area contributed by atoms with E-state index in [0.29, 0.717) is 44.6 Å². The molecule has 178 valence electrons. The Labute approximate surface area is 193 Å². The first-order chi connectivity index (χ1) is 15.8. The number of likely N-dealkylation sites (tertiary alicyclic amines) is 1. The van der Waals surface area contributed by atoms with Crippen LogP contribution in [0.4, 0.5) is 10.1 Å². The van der Waals surface area contributed by atoms with Crippen LogP contribution in [0.25, 0.3) is 0 Å². The van der Waals surface area contributed by atoms with E-state index in [0.717, 1.165) is 18.6 Å². The number of rotatable bonds is 9. The molecule has 0 spiro atoms. The minimum atomic E-state index is -3.87. The SMILES string of the molecule is COCCCNC(=O)C1CCN(C(=O)c2ccc(S(=O)(=O)Nc3ccc(F)cc3)cc2)CC1. The summed E-state index contributed by atoms with van der Waals surface area (Å²) in [6.07, 6.45) is 1.91. The number of nitrogens with one attached hydrogen (secondary N) is 2. The molecule has 0 atom stereocenters. The van der Waals surface area contributed by atoms with E-state index in [2.05, 4.69) is 10.0 Å². The zero-order valence-electron chi connectivity index (χ0n) is 18.4. The third-order valence-corrected chi connectivity index (χ3v) is 6.88. The van der Waals surface area contributed by atoms with Crippen molar-refractivity contribution in [2.24, 2.45) is 5.92 Å². The predicted octanol–water partition coefficient (Wildman–Crippen LogP) is 2.63. The maximum atomic E-state index is 13.0. The number of sulfonamides is 1. The van der Waals surface area contributed by atoms with Gasteiger partial charge in [0.1, 0.15) is 5.82 Å². The first-order valence-electron chi connectivity index (χ1n) is 10.7. The van der Waals surface area contributed by atoms with Crippen molar-refractivity contribution in [1.29, 1.82) is 0 Å². The van der Waals surface area contributed by atoms with E-state index in [1.54, 1.807) is 12.0 Å². The molecule has 3 rings (SSSR count). The zero-order chi connectivity index (χ0) is 23.8. The Bertz CT molecular complexity index is 1050. The number of benzene rings is 2. The van der Waals surface area contributed by atoms with Crippen LogP contribution in [-0.2, 0) is 19.6 Å². The lowest BCUT2D eigenvalue weighted by atomic mass is 9.95. The fraction of sp³-hybridized carbons (Fsp3) is 0.391. The molecule has 0 aliphatic carbocycles. The largest absolute Gasteiger partial charge is 0.385 e. The Balaban J connectivity index is 1.54. The summed E-state index contributed by atoms with van der Waals surface area (Å²) in [7, 11) is -2.25. The molecule has 1 aliphatic heterocycles. The van der Waals surface area contributed by atoms with E-state index in [1.165, 1.54) is 36.4 Å². The highest BCUT2D eigenvalue weighted by Gasteiger charge is 2.28. The van der Waals surface area contributed by atoms with Crippen LogP contribution in [0.5, 0.6) is 0 Å². The fourth-order valence-electron chi connectivity index (χ4n) is 3.61. The number of hydrogen-bond donors (Lipinski definition) is 2. The second-order valence-electron chi connectivity index (χ2n) is 7.84. The minimum absolute atomic E-state index is 0.00131. The van der Waals surface area contributed by atoms with Gasteiger partial charge < -0.3 is 15.0 Å². The van der Waals surface area contributed by atoms with Gasteiger partial charge in [-0.25, -0.2) is 12.8 Å².